The molecule has 1 aromatic rings. The average Bonchev–Trinajstić information content (AvgIpc) is 2.20. The van der Waals surface area contributed by atoms with Crippen LogP contribution in [0.5, 0.6) is 0 Å². The van der Waals surface area contributed by atoms with Gasteiger partial charge in [-0.1, -0.05) is 0 Å². The topological polar surface area (TPSA) is 50.9 Å². The fourth-order valence-electron chi connectivity index (χ4n) is 1.16. The molecule has 0 aliphatic rings. The molecule has 0 aromatic carbocycles. The first kappa shape index (κ1) is 11.2. The van der Waals surface area contributed by atoms with E-state index in [0.717, 1.165) is 12.2 Å². The molecule has 0 atom stereocenters. The predicted molar refractivity (Wildman–Crippen MR) is 64.8 cm³/mol. The molecular weight excluding hydrogens is 194 g/mol. The van der Waals surface area contributed by atoms with E-state index in [1.54, 1.807) is 6.20 Å². The summed E-state index contributed by atoms with van der Waals surface area (Å²) >= 11 is 1.89. The van der Waals surface area contributed by atoms with Gasteiger partial charge in [-0.25, -0.2) is 4.98 Å². The van der Waals surface area contributed by atoms with Crippen molar-refractivity contribution in [1.29, 1.82) is 0 Å². The highest BCUT2D eigenvalue weighted by molar-refractivity contribution is 7.98. The van der Waals surface area contributed by atoms with E-state index >= 15 is 0 Å². The van der Waals surface area contributed by atoms with Crippen molar-refractivity contribution in [2.45, 2.75) is 12.8 Å². The molecule has 14 heavy (non-hydrogen) atoms. The fraction of sp³-hybridized carbons (Fsp3) is 0.500. The third-order valence-electron chi connectivity index (χ3n) is 1.93. The van der Waals surface area contributed by atoms with Crippen molar-refractivity contribution in [3.8, 4) is 0 Å². The van der Waals surface area contributed by atoms with Crippen LogP contribution in [0.3, 0.4) is 0 Å². The van der Waals surface area contributed by atoms with E-state index in [0.29, 0.717) is 5.82 Å². The largest absolute Gasteiger partial charge is 0.382 e. The van der Waals surface area contributed by atoms with Gasteiger partial charge >= 0.3 is 0 Å². The first-order valence-corrected chi connectivity index (χ1v) is 6.17. The molecule has 0 unspecified atom stereocenters. The van der Waals surface area contributed by atoms with E-state index in [-0.39, 0.29) is 0 Å². The summed E-state index contributed by atoms with van der Waals surface area (Å²) in [5.41, 5.74) is 6.63. The number of hydrogen-bond donors (Lipinski definition) is 2. The smallest absolute Gasteiger partial charge is 0.146 e. The number of nitrogens with zero attached hydrogens (tertiary/aromatic N) is 1. The van der Waals surface area contributed by atoms with Crippen LogP contribution >= 0.6 is 11.8 Å². The maximum absolute atomic E-state index is 5.68. The van der Waals surface area contributed by atoms with Crippen LogP contribution in [0.15, 0.2) is 18.3 Å². The SMILES string of the molecule is CSCCCCNc1cccnc1N. The van der Waals surface area contributed by atoms with Gasteiger partial charge in [0.1, 0.15) is 5.82 Å². The van der Waals surface area contributed by atoms with Crippen molar-refractivity contribution in [2.24, 2.45) is 0 Å². The fourth-order valence-corrected chi connectivity index (χ4v) is 1.65. The maximum Gasteiger partial charge on any atom is 0.146 e. The minimum absolute atomic E-state index is 0.581. The van der Waals surface area contributed by atoms with Crippen LogP contribution in [-0.4, -0.2) is 23.5 Å². The molecule has 4 heteroatoms. The van der Waals surface area contributed by atoms with Crippen LogP contribution < -0.4 is 11.1 Å². The molecule has 0 saturated carbocycles. The van der Waals surface area contributed by atoms with E-state index in [1.807, 2.05) is 23.9 Å². The van der Waals surface area contributed by atoms with Gasteiger partial charge in [-0.2, -0.15) is 11.8 Å². The second-order valence-corrected chi connectivity index (χ2v) is 4.05. The number of nitrogen functional groups attached to an aromatic ring is 1. The van der Waals surface area contributed by atoms with Crippen molar-refractivity contribution in [3.05, 3.63) is 18.3 Å². The van der Waals surface area contributed by atoms with Crippen LogP contribution in [-0.2, 0) is 0 Å². The second kappa shape index (κ2) is 6.54. The summed E-state index contributed by atoms with van der Waals surface area (Å²) in [5, 5.41) is 3.28. The lowest BCUT2D eigenvalue weighted by Gasteiger charge is -2.07. The monoisotopic (exact) mass is 211 g/mol. The molecule has 78 valence electrons. The summed E-state index contributed by atoms with van der Waals surface area (Å²) in [6.45, 7) is 0.969. The highest BCUT2D eigenvalue weighted by Gasteiger charge is 1.96. The molecule has 0 aliphatic heterocycles. The van der Waals surface area contributed by atoms with Gasteiger partial charge in [0, 0.05) is 12.7 Å². The molecule has 0 bridgehead atoms. The van der Waals surface area contributed by atoms with Crippen LogP contribution in [0.25, 0.3) is 0 Å². The lowest BCUT2D eigenvalue weighted by molar-refractivity contribution is 0.843. The molecule has 0 fully saturated rings. The van der Waals surface area contributed by atoms with Crippen molar-refractivity contribution in [2.75, 3.05) is 29.6 Å². The Hall–Kier alpha value is -0.900. The van der Waals surface area contributed by atoms with Crippen LogP contribution in [0.2, 0.25) is 0 Å². The molecule has 0 saturated heterocycles. The summed E-state index contributed by atoms with van der Waals surface area (Å²) in [6, 6.07) is 3.84. The average molecular weight is 211 g/mol. The van der Waals surface area contributed by atoms with E-state index in [1.165, 1.54) is 18.6 Å². The van der Waals surface area contributed by atoms with Crippen LogP contribution in [0.4, 0.5) is 11.5 Å². The number of nitrogens with two attached hydrogens (primary N) is 1. The molecule has 1 heterocycles. The second-order valence-electron chi connectivity index (χ2n) is 3.06. The summed E-state index contributed by atoms with van der Waals surface area (Å²) in [5.74, 6) is 1.81. The third kappa shape index (κ3) is 3.87. The van der Waals surface area contributed by atoms with Crippen LogP contribution in [0.1, 0.15) is 12.8 Å². The van der Waals surface area contributed by atoms with Gasteiger partial charge in [-0.15, -0.1) is 0 Å². The molecule has 0 aliphatic carbocycles. The highest BCUT2D eigenvalue weighted by atomic mass is 32.2. The summed E-state index contributed by atoms with van der Waals surface area (Å²) in [6.07, 6.45) is 6.25. The van der Waals surface area contributed by atoms with E-state index in [9.17, 15) is 0 Å². The first-order chi connectivity index (χ1) is 6.84. The summed E-state index contributed by atoms with van der Waals surface area (Å²) < 4.78 is 0. The molecule has 1 aromatic heterocycles. The zero-order chi connectivity index (χ0) is 10.2. The standard InChI is InChI=1S/C10H17N3S/c1-14-8-3-2-6-12-9-5-4-7-13-10(9)11/h4-5,7,12H,2-3,6,8H2,1H3,(H2,11,13). The van der Waals surface area contributed by atoms with Gasteiger partial charge in [0.05, 0.1) is 5.69 Å². The Morgan fingerprint density at radius 3 is 3.07 bits per heavy atom. The zero-order valence-corrected chi connectivity index (χ0v) is 9.31. The van der Waals surface area contributed by atoms with Crippen molar-refractivity contribution in [3.63, 3.8) is 0 Å². The quantitative estimate of drug-likeness (QED) is 0.708. The number of thioether (sulfide) groups is 1. The maximum atomic E-state index is 5.68. The predicted octanol–water partition coefficient (Wildman–Crippen LogP) is 2.22. The molecule has 0 radical (unpaired) electrons. The van der Waals surface area contributed by atoms with Crippen molar-refractivity contribution >= 4 is 23.3 Å². The summed E-state index contributed by atoms with van der Waals surface area (Å²) in [4.78, 5) is 4.01. The van der Waals surface area contributed by atoms with E-state index < -0.39 is 0 Å². The molecule has 0 spiro atoms. The van der Waals surface area contributed by atoms with Gasteiger partial charge in [0.2, 0.25) is 0 Å². The first-order valence-electron chi connectivity index (χ1n) is 4.78. The Labute approximate surface area is 89.5 Å². The minimum Gasteiger partial charge on any atom is -0.382 e. The lowest BCUT2D eigenvalue weighted by Crippen LogP contribution is -2.05. The van der Waals surface area contributed by atoms with Gasteiger partial charge in [0.15, 0.2) is 0 Å². The molecule has 0 amide bonds. The zero-order valence-electron chi connectivity index (χ0n) is 8.49. The van der Waals surface area contributed by atoms with Gasteiger partial charge < -0.3 is 11.1 Å². The number of unbranched alkanes of at least 4 members (excludes halogenated alkanes) is 1. The Bertz CT molecular complexity index is 265. The number of rotatable bonds is 6. The number of aromatic nitrogens is 1. The van der Waals surface area contributed by atoms with Gasteiger partial charge in [-0.05, 0) is 37.0 Å². The number of pyridine rings is 1. The van der Waals surface area contributed by atoms with E-state index in [4.69, 9.17) is 5.73 Å². The van der Waals surface area contributed by atoms with Gasteiger partial charge in [-0.3, -0.25) is 0 Å². The molecule has 3 N–H and O–H groups in total. The Kier molecular flexibility index (Phi) is 5.22. The number of anilines is 2. The Morgan fingerprint density at radius 2 is 2.36 bits per heavy atom. The number of nitrogens with one attached hydrogen (secondary N) is 1. The third-order valence-corrected chi connectivity index (χ3v) is 2.63. The Balaban J connectivity index is 2.21. The minimum atomic E-state index is 0.581. The van der Waals surface area contributed by atoms with Crippen molar-refractivity contribution < 1.29 is 0 Å². The van der Waals surface area contributed by atoms with Crippen molar-refractivity contribution in [1.82, 2.24) is 4.98 Å². The molecule has 1 rings (SSSR count). The highest BCUT2D eigenvalue weighted by Crippen LogP contribution is 2.13. The van der Waals surface area contributed by atoms with Gasteiger partial charge in [0.25, 0.3) is 0 Å². The molecular formula is C10H17N3S. The molecule has 3 nitrogen and oxygen atoms in total. The summed E-state index contributed by atoms with van der Waals surface area (Å²) in [7, 11) is 0. The van der Waals surface area contributed by atoms with Crippen LogP contribution in [0, 0.1) is 0 Å². The number of hydrogen-bond acceptors (Lipinski definition) is 4. The van der Waals surface area contributed by atoms with E-state index in [2.05, 4.69) is 16.6 Å². The Morgan fingerprint density at radius 1 is 1.50 bits per heavy atom. The lowest BCUT2D eigenvalue weighted by atomic mass is 10.3. The normalized spacial score (nSPS) is 10.1.